The van der Waals surface area contributed by atoms with Crippen LogP contribution in [0.25, 0.3) is 0 Å². The summed E-state index contributed by atoms with van der Waals surface area (Å²) in [4.78, 5) is 13.0. The summed E-state index contributed by atoms with van der Waals surface area (Å²) in [6.45, 7) is 5.29. The smallest absolute Gasteiger partial charge is 0.233 e. The molecule has 18 heavy (non-hydrogen) atoms. The molecule has 1 unspecified atom stereocenters. The lowest BCUT2D eigenvalue weighted by Crippen LogP contribution is -2.36. The minimum Gasteiger partial charge on any atom is -0.355 e. The van der Waals surface area contributed by atoms with Crippen molar-refractivity contribution >= 4 is 28.8 Å². The average Bonchev–Trinajstić information content (AvgIpc) is 2.83. The van der Waals surface area contributed by atoms with Gasteiger partial charge in [-0.05, 0) is 30.4 Å². The summed E-state index contributed by atoms with van der Waals surface area (Å²) < 4.78 is 0.843. The van der Waals surface area contributed by atoms with E-state index in [0.717, 1.165) is 23.7 Å². The van der Waals surface area contributed by atoms with Crippen molar-refractivity contribution in [3.05, 3.63) is 20.8 Å². The minimum atomic E-state index is 0.0680. The highest BCUT2D eigenvalue weighted by Crippen LogP contribution is 2.39. The van der Waals surface area contributed by atoms with Crippen molar-refractivity contribution in [3.63, 3.8) is 0 Å². The van der Waals surface area contributed by atoms with Crippen molar-refractivity contribution < 1.29 is 4.79 Å². The molecule has 1 aliphatic carbocycles. The Bertz CT molecular complexity index is 431. The van der Waals surface area contributed by atoms with Crippen LogP contribution in [-0.2, 0) is 11.2 Å². The van der Waals surface area contributed by atoms with Crippen LogP contribution in [-0.4, -0.2) is 19.0 Å². The van der Waals surface area contributed by atoms with Crippen LogP contribution in [0.1, 0.15) is 36.8 Å². The molecule has 0 aliphatic heterocycles. The fourth-order valence-corrected chi connectivity index (χ4v) is 3.50. The van der Waals surface area contributed by atoms with Gasteiger partial charge in [0.25, 0.3) is 0 Å². The van der Waals surface area contributed by atoms with Crippen molar-refractivity contribution in [2.45, 2.75) is 32.7 Å². The third-order valence-corrected chi connectivity index (χ3v) is 4.40. The van der Waals surface area contributed by atoms with E-state index in [4.69, 9.17) is 11.6 Å². The first-order valence-electron chi connectivity index (χ1n) is 6.34. The Hall–Kier alpha value is -0.580. The first-order chi connectivity index (χ1) is 8.56. The fourth-order valence-electron chi connectivity index (χ4n) is 2.14. The Morgan fingerprint density at radius 1 is 1.61 bits per heavy atom. The van der Waals surface area contributed by atoms with E-state index in [9.17, 15) is 4.79 Å². The molecule has 100 valence electrons. The molecule has 1 aliphatic rings. The maximum absolute atomic E-state index is 11.6. The molecule has 1 aromatic rings. The molecule has 2 rings (SSSR count). The zero-order valence-electron chi connectivity index (χ0n) is 10.8. The zero-order chi connectivity index (χ0) is 13.1. The number of thiophene rings is 1. The molecule has 0 saturated carbocycles. The zero-order valence-corrected chi connectivity index (χ0v) is 12.3. The van der Waals surface area contributed by atoms with Gasteiger partial charge in [0.05, 0.1) is 10.9 Å². The molecule has 1 atom stereocenters. The van der Waals surface area contributed by atoms with E-state index in [0.29, 0.717) is 12.5 Å². The van der Waals surface area contributed by atoms with Gasteiger partial charge < -0.3 is 10.6 Å². The number of hydrogen-bond acceptors (Lipinski definition) is 3. The molecular weight excluding hydrogens is 268 g/mol. The van der Waals surface area contributed by atoms with Gasteiger partial charge in [0, 0.05) is 17.5 Å². The summed E-state index contributed by atoms with van der Waals surface area (Å²) in [5.74, 6) is 0.557. The standard InChI is InChI=1S/C13H19ClN2OS/c1-8(2)6-16-13(17)7-15-10-3-4-11-9(10)5-12(14)18-11/h5,8,10,15H,3-4,6-7H2,1-2H3,(H,16,17). The second-order valence-corrected chi connectivity index (χ2v) is 6.87. The second-order valence-electron chi connectivity index (χ2n) is 5.10. The number of aryl methyl sites for hydroxylation is 1. The van der Waals surface area contributed by atoms with Crippen molar-refractivity contribution in [2.75, 3.05) is 13.1 Å². The van der Waals surface area contributed by atoms with Crippen LogP contribution in [0.2, 0.25) is 4.34 Å². The number of carbonyl (C=O) groups excluding carboxylic acids is 1. The summed E-state index contributed by atoms with van der Waals surface area (Å²) >= 11 is 7.66. The monoisotopic (exact) mass is 286 g/mol. The minimum absolute atomic E-state index is 0.0680. The number of nitrogens with one attached hydrogen (secondary N) is 2. The van der Waals surface area contributed by atoms with E-state index in [1.807, 2.05) is 6.07 Å². The fraction of sp³-hybridized carbons (Fsp3) is 0.615. The van der Waals surface area contributed by atoms with Crippen LogP contribution >= 0.6 is 22.9 Å². The van der Waals surface area contributed by atoms with Crippen LogP contribution in [0.3, 0.4) is 0 Å². The summed E-state index contributed by atoms with van der Waals surface area (Å²) in [5.41, 5.74) is 1.28. The molecule has 1 amide bonds. The molecule has 1 aromatic heterocycles. The van der Waals surface area contributed by atoms with Crippen molar-refractivity contribution in [3.8, 4) is 0 Å². The summed E-state index contributed by atoms with van der Waals surface area (Å²) in [6.07, 6.45) is 2.13. The maximum Gasteiger partial charge on any atom is 0.233 e. The van der Waals surface area contributed by atoms with Gasteiger partial charge in [-0.2, -0.15) is 0 Å². The average molecular weight is 287 g/mol. The molecule has 0 bridgehead atoms. The van der Waals surface area contributed by atoms with Crippen LogP contribution in [0.4, 0.5) is 0 Å². The van der Waals surface area contributed by atoms with Gasteiger partial charge in [-0.15, -0.1) is 11.3 Å². The number of rotatable bonds is 5. The van der Waals surface area contributed by atoms with Gasteiger partial charge in [0.1, 0.15) is 0 Å². The number of carbonyl (C=O) groups is 1. The highest BCUT2D eigenvalue weighted by Gasteiger charge is 2.24. The molecular formula is C13H19ClN2OS. The van der Waals surface area contributed by atoms with Crippen molar-refractivity contribution in [1.29, 1.82) is 0 Å². The van der Waals surface area contributed by atoms with E-state index in [2.05, 4.69) is 24.5 Å². The van der Waals surface area contributed by atoms with Gasteiger partial charge in [0.2, 0.25) is 5.91 Å². The lowest BCUT2D eigenvalue weighted by Gasteiger charge is -2.13. The summed E-state index contributed by atoms with van der Waals surface area (Å²) in [7, 11) is 0. The quantitative estimate of drug-likeness (QED) is 0.874. The molecule has 2 N–H and O–H groups in total. The first kappa shape index (κ1) is 13.8. The number of hydrogen-bond donors (Lipinski definition) is 2. The number of fused-ring (bicyclic) bond motifs is 1. The first-order valence-corrected chi connectivity index (χ1v) is 7.54. The molecule has 0 saturated heterocycles. The van der Waals surface area contributed by atoms with E-state index in [1.54, 1.807) is 11.3 Å². The van der Waals surface area contributed by atoms with Gasteiger partial charge in [0.15, 0.2) is 0 Å². The van der Waals surface area contributed by atoms with Gasteiger partial charge in [-0.25, -0.2) is 0 Å². The van der Waals surface area contributed by atoms with Crippen LogP contribution in [0.5, 0.6) is 0 Å². The Labute approximate surface area is 117 Å². The molecule has 0 radical (unpaired) electrons. The second kappa shape index (κ2) is 6.04. The normalized spacial score (nSPS) is 18.1. The third-order valence-electron chi connectivity index (χ3n) is 3.06. The predicted molar refractivity (Wildman–Crippen MR) is 76.2 cm³/mol. The Morgan fingerprint density at radius 2 is 2.39 bits per heavy atom. The van der Waals surface area contributed by atoms with E-state index in [-0.39, 0.29) is 11.9 Å². The lowest BCUT2D eigenvalue weighted by molar-refractivity contribution is -0.120. The van der Waals surface area contributed by atoms with E-state index >= 15 is 0 Å². The molecule has 0 spiro atoms. The molecule has 5 heteroatoms. The number of halogens is 1. The lowest BCUT2D eigenvalue weighted by atomic mass is 10.2. The topological polar surface area (TPSA) is 41.1 Å². The largest absolute Gasteiger partial charge is 0.355 e. The summed E-state index contributed by atoms with van der Waals surface area (Å²) in [5, 5.41) is 6.22. The van der Waals surface area contributed by atoms with Crippen LogP contribution in [0.15, 0.2) is 6.07 Å². The Balaban J connectivity index is 1.79. The van der Waals surface area contributed by atoms with Crippen LogP contribution < -0.4 is 10.6 Å². The van der Waals surface area contributed by atoms with Gasteiger partial charge >= 0.3 is 0 Å². The molecule has 0 aromatic carbocycles. The van der Waals surface area contributed by atoms with Gasteiger partial charge in [-0.3, -0.25) is 4.79 Å². The SMILES string of the molecule is CC(C)CNC(=O)CNC1CCc2sc(Cl)cc21. The molecule has 3 nitrogen and oxygen atoms in total. The Morgan fingerprint density at radius 3 is 3.11 bits per heavy atom. The predicted octanol–water partition coefficient (Wildman–Crippen LogP) is 2.75. The molecule has 1 heterocycles. The van der Waals surface area contributed by atoms with Crippen molar-refractivity contribution in [2.24, 2.45) is 5.92 Å². The van der Waals surface area contributed by atoms with E-state index in [1.165, 1.54) is 10.4 Å². The maximum atomic E-state index is 11.6. The molecule has 0 fully saturated rings. The van der Waals surface area contributed by atoms with Gasteiger partial charge in [-0.1, -0.05) is 25.4 Å². The number of amides is 1. The Kier molecular flexibility index (Phi) is 4.65. The highest BCUT2D eigenvalue weighted by molar-refractivity contribution is 7.16. The van der Waals surface area contributed by atoms with Crippen molar-refractivity contribution in [1.82, 2.24) is 10.6 Å². The van der Waals surface area contributed by atoms with Crippen LogP contribution in [0, 0.1) is 5.92 Å². The summed E-state index contributed by atoms with van der Waals surface area (Å²) in [6, 6.07) is 2.31. The highest BCUT2D eigenvalue weighted by atomic mass is 35.5. The van der Waals surface area contributed by atoms with E-state index < -0.39 is 0 Å². The third kappa shape index (κ3) is 3.46.